The molecular formula is C14H21N7. The van der Waals surface area contributed by atoms with E-state index in [4.69, 9.17) is 0 Å². The summed E-state index contributed by atoms with van der Waals surface area (Å²) in [6.07, 6.45) is 3.65. The van der Waals surface area contributed by atoms with Gasteiger partial charge < -0.3 is 9.88 Å². The summed E-state index contributed by atoms with van der Waals surface area (Å²) < 4.78 is 1.93. The molecule has 2 unspecified atom stereocenters. The van der Waals surface area contributed by atoms with Gasteiger partial charge in [-0.25, -0.2) is 4.98 Å². The molecule has 112 valence electrons. The van der Waals surface area contributed by atoms with Gasteiger partial charge in [0.25, 0.3) is 0 Å². The van der Waals surface area contributed by atoms with E-state index in [1.807, 2.05) is 29.9 Å². The van der Waals surface area contributed by atoms with E-state index in [0.29, 0.717) is 18.0 Å². The van der Waals surface area contributed by atoms with Crippen LogP contribution in [0.3, 0.4) is 0 Å². The lowest BCUT2D eigenvalue weighted by Crippen LogP contribution is -2.30. The van der Waals surface area contributed by atoms with Crippen molar-refractivity contribution in [1.82, 2.24) is 30.6 Å². The lowest BCUT2D eigenvalue weighted by Gasteiger charge is -2.18. The largest absolute Gasteiger partial charge is 0.368 e. The van der Waals surface area contributed by atoms with E-state index >= 15 is 0 Å². The standard InChI is InChI=1S/C14H21N7/c1-9-11(10(2)18-17-9)8-16-13-5-4-12(19-20-13)14-15-6-7-21(14)3/h4-7,9-11,17-18H,8H2,1-3H3,(H,16,20). The zero-order chi connectivity index (χ0) is 14.8. The minimum absolute atomic E-state index is 0.437. The maximum Gasteiger partial charge on any atom is 0.160 e. The van der Waals surface area contributed by atoms with Crippen LogP contribution in [0.5, 0.6) is 0 Å². The van der Waals surface area contributed by atoms with Crippen molar-refractivity contribution in [3.8, 4) is 11.5 Å². The van der Waals surface area contributed by atoms with Gasteiger partial charge in [0.15, 0.2) is 5.82 Å². The van der Waals surface area contributed by atoms with Crippen molar-refractivity contribution in [3.63, 3.8) is 0 Å². The molecule has 2 atom stereocenters. The summed E-state index contributed by atoms with van der Waals surface area (Å²) >= 11 is 0. The average Bonchev–Trinajstić information content (AvgIpc) is 3.04. The Morgan fingerprint density at radius 2 is 1.95 bits per heavy atom. The molecular weight excluding hydrogens is 266 g/mol. The van der Waals surface area contributed by atoms with Crippen molar-refractivity contribution in [3.05, 3.63) is 24.5 Å². The van der Waals surface area contributed by atoms with Crippen LogP contribution >= 0.6 is 0 Å². The molecule has 0 saturated carbocycles. The summed E-state index contributed by atoms with van der Waals surface area (Å²) in [5.41, 5.74) is 7.28. The number of hydrazine groups is 1. The Morgan fingerprint density at radius 3 is 2.52 bits per heavy atom. The Labute approximate surface area is 124 Å². The van der Waals surface area contributed by atoms with E-state index in [1.165, 1.54) is 0 Å². The summed E-state index contributed by atoms with van der Waals surface area (Å²) in [7, 11) is 1.94. The lowest BCUT2D eigenvalue weighted by molar-refractivity contribution is 0.466. The van der Waals surface area contributed by atoms with Gasteiger partial charge in [-0.1, -0.05) is 0 Å². The third-order valence-corrected chi connectivity index (χ3v) is 4.06. The summed E-state index contributed by atoms with van der Waals surface area (Å²) in [6, 6.07) is 4.76. The van der Waals surface area contributed by atoms with Crippen LogP contribution in [0, 0.1) is 5.92 Å². The molecule has 1 saturated heterocycles. The van der Waals surface area contributed by atoms with E-state index in [-0.39, 0.29) is 0 Å². The van der Waals surface area contributed by atoms with E-state index < -0.39 is 0 Å². The quantitative estimate of drug-likeness (QED) is 0.771. The first-order valence-corrected chi connectivity index (χ1v) is 7.21. The highest BCUT2D eigenvalue weighted by molar-refractivity contribution is 5.51. The first kappa shape index (κ1) is 14.0. The number of nitrogens with zero attached hydrogens (tertiary/aromatic N) is 4. The minimum atomic E-state index is 0.437. The van der Waals surface area contributed by atoms with Crippen molar-refractivity contribution in [1.29, 1.82) is 0 Å². The number of imidazole rings is 1. The highest BCUT2D eigenvalue weighted by atomic mass is 15.4. The van der Waals surface area contributed by atoms with E-state index in [2.05, 4.69) is 45.2 Å². The Balaban J connectivity index is 1.64. The minimum Gasteiger partial charge on any atom is -0.368 e. The molecule has 0 aliphatic carbocycles. The van der Waals surface area contributed by atoms with Crippen LogP contribution in [0.1, 0.15) is 13.8 Å². The van der Waals surface area contributed by atoms with Gasteiger partial charge >= 0.3 is 0 Å². The third-order valence-electron chi connectivity index (χ3n) is 4.06. The smallest absolute Gasteiger partial charge is 0.160 e. The molecule has 3 N–H and O–H groups in total. The molecule has 7 heteroatoms. The normalized spacial score (nSPS) is 25.2. The Kier molecular flexibility index (Phi) is 3.85. The second-order valence-corrected chi connectivity index (χ2v) is 5.58. The van der Waals surface area contributed by atoms with Crippen molar-refractivity contribution in [2.45, 2.75) is 25.9 Å². The fourth-order valence-electron chi connectivity index (χ4n) is 2.64. The van der Waals surface area contributed by atoms with Gasteiger partial charge in [0.1, 0.15) is 11.5 Å². The van der Waals surface area contributed by atoms with Crippen LogP contribution in [-0.2, 0) is 7.05 Å². The molecule has 3 rings (SSSR count). The molecule has 2 aromatic rings. The molecule has 0 radical (unpaired) electrons. The van der Waals surface area contributed by atoms with Crippen LogP contribution in [0.2, 0.25) is 0 Å². The topological polar surface area (TPSA) is 79.7 Å². The van der Waals surface area contributed by atoms with Gasteiger partial charge in [-0.15, -0.1) is 10.2 Å². The molecule has 3 heterocycles. The van der Waals surface area contributed by atoms with E-state index in [0.717, 1.165) is 23.9 Å². The first-order chi connectivity index (χ1) is 10.1. The predicted molar refractivity (Wildman–Crippen MR) is 81.4 cm³/mol. The number of anilines is 1. The fourth-order valence-corrected chi connectivity index (χ4v) is 2.64. The molecule has 0 aromatic carbocycles. The lowest BCUT2D eigenvalue weighted by atomic mass is 9.97. The molecule has 21 heavy (non-hydrogen) atoms. The van der Waals surface area contributed by atoms with Crippen LogP contribution in [0.25, 0.3) is 11.5 Å². The molecule has 2 aromatic heterocycles. The maximum atomic E-state index is 4.27. The first-order valence-electron chi connectivity index (χ1n) is 7.21. The van der Waals surface area contributed by atoms with E-state index in [9.17, 15) is 0 Å². The van der Waals surface area contributed by atoms with Gasteiger partial charge in [-0.05, 0) is 26.0 Å². The van der Waals surface area contributed by atoms with Gasteiger partial charge in [-0.3, -0.25) is 10.9 Å². The number of nitrogens with one attached hydrogen (secondary N) is 3. The highest BCUT2D eigenvalue weighted by Gasteiger charge is 2.29. The highest BCUT2D eigenvalue weighted by Crippen LogP contribution is 2.17. The van der Waals surface area contributed by atoms with Crippen LogP contribution < -0.4 is 16.2 Å². The Morgan fingerprint density at radius 1 is 1.19 bits per heavy atom. The number of aromatic nitrogens is 4. The predicted octanol–water partition coefficient (Wildman–Crippen LogP) is 0.790. The van der Waals surface area contributed by atoms with Crippen molar-refractivity contribution in [2.75, 3.05) is 11.9 Å². The number of aryl methyl sites for hydroxylation is 1. The average molecular weight is 287 g/mol. The molecule has 0 amide bonds. The van der Waals surface area contributed by atoms with Gasteiger partial charge in [0.2, 0.25) is 0 Å². The number of rotatable bonds is 4. The second-order valence-electron chi connectivity index (χ2n) is 5.58. The molecule has 1 aliphatic heterocycles. The van der Waals surface area contributed by atoms with Crippen molar-refractivity contribution >= 4 is 5.82 Å². The Bertz CT molecular complexity index is 582. The molecule has 7 nitrogen and oxygen atoms in total. The van der Waals surface area contributed by atoms with Crippen molar-refractivity contribution < 1.29 is 0 Å². The van der Waals surface area contributed by atoms with E-state index in [1.54, 1.807) is 6.20 Å². The van der Waals surface area contributed by atoms with Crippen LogP contribution in [0.4, 0.5) is 5.82 Å². The van der Waals surface area contributed by atoms with Crippen LogP contribution in [-0.4, -0.2) is 38.4 Å². The zero-order valence-electron chi connectivity index (χ0n) is 12.5. The summed E-state index contributed by atoms with van der Waals surface area (Å²) in [6.45, 7) is 5.22. The molecule has 0 bridgehead atoms. The molecule has 1 aliphatic rings. The molecule has 0 spiro atoms. The summed E-state index contributed by atoms with van der Waals surface area (Å²) in [4.78, 5) is 4.27. The second kappa shape index (κ2) is 5.79. The Hall–Kier alpha value is -1.99. The van der Waals surface area contributed by atoms with Crippen LogP contribution in [0.15, 0.2) is 24.5 Å². The van der Waals surface area contributed by atoms with Crippen molar-refractivity contribution in [2.24, 2.45) is 13.0 Å². The summed E-state index contributed by atoms with van der Waals surface area (Å²) in [5.74, 6) is 2.13. The number of hydrogen-bond donors (Lipinski definition) is 3. The maximum absolute atomic E-state index is 4.27. The fraction of sp³-hybridized carbons (Fsp3) is 0.500. The number of hydrogen-bond acceptors (Lipinski definition) is 6. The summed E-state index contributed by atoms with van der Waals surface area (Å²) in [5, 5.41) is 11.8. The van der Waals surface area contributed by atoms with Gasteiger partial charge in [-0.2, -0.15) is 0 Å². The monoisotopic (exact) mass is 287 g/mol. The SMILES string of the molecule is CC1NNC(C)C1CNc1ccc(-c2nccn2C)nn1. The van der Waals surface area contributed by atoms with Gasteiger partial charge in [0.05, 0.1) is 0 Å². The molecule has 1 fully saturated rings. The third kappa shape index (κ3) is 2.88. The zero-order valence-corrected chi connectivity index (χ0v) is 12.5. The van der Waals surface area contributed by atoms with Gasteiger partial charge in [0, 0.05) is 44.0 Å².